The van der Waals surface area contributed by atoms with Crippen LogP contribution < -0.4 is 4.90 Å². The first kappa shape index (κ1) is 17.1. The van der Waals surface area contributed by atoms with E-state index in [4.69, 9.17) is 0 Å². The first-order valence-electron chi connectivity index (χ1n) is 8.60. The molecule has 0 spiro atoms. The normalized spacial score (nSPS) is 17.3. The predicted octanol–water partition coefficient (Wildman–Crippen LogP) is 1.56. The maximum Gasteiger partial charge on any atom is 0.334 e. The summed E-state index contributed by atoms with van der Waals surface area (Å²) in [6.45, 7) is 2.28. The predicted molar refractivity (Wildman–Crippen MR) is 90.8 cm³/mol. The van der Waals surface area contributed by atoms with E-state index >= 15 is 0 Å². The molecule has 132 valence electrons. The molecule has 1 aromatic rings. The summed E-state index contributed by atoms with van der Waals surface area (Å²) in [5.41, 5.74) is 1.88. The van der Waals surface area contributed by atoms with Crippen molar-refractivity contribution in [3.63, 3.8) is 0 Å². The number of urea groups is 1. The Balaban J connectivity index is 1.74. The average molecular weight is 343 g/mol. The van der Waals surface area contributed by atoms with Crippen molar-refractivity contribution in [2.75, 3.05) is 24.5 Å². The van der Waals surface area contributed by atoms with Crippen LogP contribution in [-0.2, 0) is 20.8 Å². The van der Waals surface area contributed by atoms with Gasteiger partial charge in [0, 0.05) is 18.8 Å². The van der Waals surface area contributed by atoms with Crippen molar-refractivity contribution in [3.8, 4) is 0 Å². The van der Waals surface area contributed by atoms with Crippen molar-refractivity contribution in [1.29, 1.82) is 0 Å². The van der Waals surface area contributed by atoms with E-state index in [9.17, 15) is 19.2 Å². The maximum absolute atomic E-state index is 12.7. The van der Waals surface area contributed by atoms with Crippen LogP contribution in [0.25, 0.3) is 0 Å². The van der Waals surface area contributed by atoms with Crippen molar-refractivity contribution in [3.05, 3.63) is 29.8 Å². The number of imide groups is 2. The number of amides is 5. The van der Waals surface area contributed by atoms with E-state index in [0.717, 1.165) is 40.3 Å². The van der Waals surface area contributed by atoms with Crippen LogP contribution in [0, 0.1) is 0 Å². The van der Waals surface area contributed by atoms with Gasteiger partial charge in [-0.15, -0.1) is 0 Å². The molecule has 1 saturated heterocycles. The van der Waals surface area contributed by atoms with Crippen molar-refractivity contribution < 1.29 is 19.2 Å². The molecule has 0 aromatic heterocycles. The summed E-state index contributed by atoms with van der Waals surface area (Å²) in [4.78, 5) is 52.4. The van der Waals surface area contributed by atoms with E-state index in [1.807, 2.05) is 31.2 Å². The number of hydrogen-bond donors (Lipinski definition) is 0. The molecule has 0 atom stereocenters. The van der Waals surface area contributed by atoms with Crippen molar-refractivity contribution in [1.82, 2.24) is 9.80 Å². The van der Waals surface area contributed by atoms with Crippen LogP contribution in [0.2, 0.25) is 0 Å². The van der Waals surface area contributed by atoms with Crippen LogP contribution in [-0.4, -0.2) is 53.2 Å². The highest BCUT2D eigenvalue weighted by molar-refractivity contribution is 6.45. The number of para-hydroxylation sites is 1. The first-order valence-corrected chi connectivity index (χ1v) is 8.60. The highest BCUT2D eigenvalue weighted by Crippen LogP contribution is 2.27. The lowest BCUT2D eigenvalue weighted by molar-refractivity contribution is -0.143. The highest BCUT2D eigenvalue weighted by atomic mass is 16.2. The number of carbonyl (C=O) groups excluding carboxylic acids is 4. The van der Waals surface area contributed by atoms with Crippen LogP contribution in [0.1, 0.15) is 31.7 Å². The molecule has 7 heteroatoms. The average Bonchev–Trinajstić information content (AvgIpc) is 2.83. The van der Waals surface area contributed by atoms with Gasteiger partial charge < -0.3 is 4.90 Å². The summed E-state index contributed by atoms with van der Waals surface area (Å²) >= 11 is 0. The summed E-state index contributed by atoms with van der Waals surface area (Å²) in [6, 6.07) is 6.91. The standard InChI is InChI=1S/C18H21N3O4/c1-2-3-10-20-16(23)17(24)21(18(20)25)12-15(22)19-11-6-8-13-7-4-5-9-14(13)19/h4-5,7,9H,2-3,6,8,10-12H2,1H3. The molecule has 2 heterocycles. The molecule has 0 unspecified atom stereocenters. The third kappa shape index (κ3) is 3.14. The van der Waals surface area contributed by atoms with E-state index in [1.165, 1.54) is 0 Å². The van der Waals surface area contributed by atoms with Gasteiger partial charge in [0.25, 0.3) is 0 Å². The number of anilines is 1. The van der Waals surface area contributed by atoms with Gasteiger partial charge in [0.05, 0.1) is 0 Å². The third-order valence-corrected chi connectivity index (χ3v) is 4.58. The third-order valence-electron chi connectivity index (χ3n) is 4.58. The zero-order valence-electron chi connectivity index (χ0n) is 14.2. The number of nitrogens with zero attached hydrogens (tertiary/aromatic N) is 3. The Morgan fingerprint density at radius 1 is 1.08 bits per heavy atom. The molecule has 0 N–H and O–H groups in total. The molecular weight excluding hydrogens is 322 g/mol. The molecule has 2 aliphatic heterocycles. The van der Waals surface area contributed by atoms with E-state index in [0.29, 0.717) is 13.0 Å². The Morgan fingerprint density at radius 3 is 2.56 bits per heavy atom. The fraction of sp³-hybridized carbons (Fsp3) is 0.444. The van der Waals surface area contributed by atoms with Crippen molar-refractivity contribution in [2.24, 2.45) is 0 Å². The van der Waals surface area contributed by atoms with Crippen molar-refractivity contribution in [2.45, 2.75) is 32.6 Å². The molecule has 2 aliphatic rings. The zero-order chi connectivity index (χ0) is 18.0. The Bertz CT molecular complexity index is 731. The fourth-order valence-electron chi connectivity index (χ4n) is 3.22. The maximum atomic E-state index is 12.7. The summed E-state index contributed by atoms with van der Waals surface area (Å²) in [7, 11) is 0. The SMILES string of the molecule is CCCCN1C(=O)C(=O)N(CC(=O)N2CCCc3ccccc32)C1=O. The molecule has 1 fully saturated rings. The molecule has 0 radical (unpaired) electrons. The van der Waals surface area contributed by atoms with Crippen LogP contribution >= 0.6 is 0 Å². The molecular formula is C18H21N3O4. The lowest BCUT2D eigenvalue weighted by Crippen LogP contribution is -2.45. The van der Waals surface area contributed by atoms with Gasteiger partial charge in [-0.05, 0) is 30.9 Å². The number of unbranched alkanes of at least 4 members (excludes halogenated alkanes) is 1. The lowest BCUT2D eigenvalue weighted by Gasteiger charge is -2.30. The monoisotopic (exact) mass is 343 g/mol. The summed E-state index contributed by atoms with van der Waals surface area (Å²) in [6.07, 6.45) is 3.15. The molecule has 7 nitrogen and oxygen atoms in total. The minimum absolute atomic E-state index is 0.206. The quantitative estimate of drug-likeness (QED) is 0.600. The van der Waals surface area contributed by atoms with Gasteiger partial charge in [-0.1, -0.05) is 31.5 Å². The molecule has 3 rings (SSSR count). The topological polar surface area (TPSA) is 78.0 Å². The smallest absolute Gasteiger partial charge is 0.311 e. The molecule has 0 bridgehead atoms. The minimum Gasteiger partial charge on any atom is -0.311 e. The second kappa shape index (κ2) is 7.04. The Morgan fingerprint density at radius 2 is 1.80 bits per heavy atom. The van der Waals surface area contributed by atoms with Crippen LogP contribution in [0.4, 0.5) is 10.5 Å². The van der Waals surface area contributed by atoms with Crippen molar-refractivity contribution >= 4 is 29.4 Å². The number of carbonyl (C=O) groups is 4. The summed E-state index contributed by atoms with van der Waals surface area (Å²) in [5, 5.41) is 0. The number of hydrogen-bond acceptors (Lipinski definition) is 4. The van der Waals surface area contributed by atoms with Crippen LogP contribution in [0.15, 0.2) is 24.3 Å². The van der Waals surface area contributed by atoms with Gasteiger partial charge in [-0.2, -0.15) is 0 Å². The van der Waals surface area contributed by atoms with Crippen LogP contribution in [0.3, 0.4) is 0 Å². The Kier molecular flexibility index (Phi) is 4.83. The highest BCUT2D eigenvalue weighted by Gasteiger charge is 2.45. The molecule has 25 heavy (non-hydrogen) atoms. The summed E-state index contributed by atoms with van der Waals surface area (Å²) in [5.74, 6) is -2.11. The van der Waals surface area contributed by atoms with E-state index in [2.05, 4.69) is 0 Å². The summed E-state index contributed by atoms with van der Waals surface area (Å²) < 4.78 is 0. The number of fused-ring (bicyclic) bond motifs is 1. The largest absolute Gasteiger partial charge is 0.334 e. The number of benzene rings is 1. The second-order valence-electron chi connectivity index (χ2n) is 6.26. The fourth-order valence-corrected chi connectivity index (χ4v) is 3.22. The minimum atomic E-state index is -0.917. The van der Waals surface area contributed by atoms with Crippen LogP contribution in [0.5, 0.6) is 0 Å². The van der Waals surface area contributed by atoms with Gasteiger partial charge in [0.1, 0.15) is 6.54 Å². The van der Waals surface area contributed by atoms with E-state index < -0.39 is 24.4 Å². The molecule has 1 aromatic carbocycles. The van der Waals surface area contributed by atoms with Gasteiger partial charge in [-0.3, -0.25) is 19.3 Å². The zero-order valence-corrected chi connectivity index (χ0v) is 14.2. The van der Waals surface area contributed by atoms with E-state index in [1.54, 1.807) is 4.90 Å². The van der Waals surface area contributed by atoms with Gasteiger partial charge in [-0.25, -0.2) is 9.69 Å². The van der Waals surface area contributed by atoms with E-state index in [-0.39, 0.29) is 12.5 Å². The second-order valence-corrected chi connectivity index (χ2v) is 6.26. The van der Waals surface area contributed by atoms with Gasteiger partial charge >= 0.3 is 17.8 Å². The molecule has 5 amide bonds. The number of rotatable bonds is 5. The Labute approximate surface area is 146 Å². The molecule has 0 saturated carbocycles. The van der Waals surface area contributed by atoms with Gasteiger partial charge in [0.2, 0.25) is 5.91 Å². The lowest BCUT2D eigenvalue weighted by atomic mass is 10.0. The van der Waals surface area contributed by atoms with Gasteiger partial charge in [0.15, 0.2) is 0 Å². The Hall–Kier alpha value is -2.70. The first-order chi connectivity index (χ1) is 12.0. The molecule has 0 aliphatic carbocycles. The number of aryl methyl sites for hydroxylation is 1.